The molecule has 0 bridgehead atoms. The molecule has 14 heavy (non-hydrogen) atoms. The third kappa shape index (κ3) is 2.59. The molecule has 0 amide bonds. The fraction of sp³-hybridized carbons (Fsp3) is 0.400. The lowest BCUT2D eigenvalue weighted by Crippen LogP contribution is -2.12. The molecule has 0 saturated carbocycles. The van der Waals surface area contributed by atoms with Crippen LogP contribution in [0.4, 0.5) is 4.39 Å². The summed E-state index contributed by atoms with van der Waals surface area (Å²) in [6, 6.07) is 4.43. The maximum absolute atomic E-state index is 13.3. The summed E-state index contributed by atoms with van der Waals surface area (Å²) in [5.41, 5.74) is 6.22. The number of benzene rings is 1. The first-order valence-corrected chi connectivity index (χ1v) is 4.28. The van der Waals surface area contributed by atoms with E-state index in [0.29, 0.717) is 17.7 Å². The number of methoxy groups -OCH3 is 1. The van der Waals surface area contributed by atoms with Gasteiger partial charge in [0.25, 0.3) is 0 Å². The van der Waals surface area contributed by atoms with Crippen LogP contribution in [0.5, 0.6) is 5.75 Å². The van der Waals surface area contributed by atoms with Gasteiger partial charge in [-0.25, -0.2) is 4.39 Å². The van der Waals surface area contributed by atoms with Gasteiger partial charge in [-0.3, -0.25) is 0 Å². The average molecular weight is 220 g/mol. The van der Waals surface area contributed by atoms with Gasteiger partial charge in [0.2, 0.25) is 0 Å². The number of nitrogens with two attached hydrogens (primary N) is 1. The Kier molecular flexibility index (Phi) is 5.50. The Morgan fingerprint density at radius 1 is 1.50 bits per heavy atom. The average Bonchev–Trinajstić information content (AvgIpc) is 2.16. The van der Waals surface area contributed by atoms with E-state index in [0.717, 1.165) is 0 Å². The minimum atomic E-state index is -0.297. The van der Waals surface area contributed by atoms with Crippen molar-refractivity contribution in [3.05, 3.63) is 29.6 Å². The summed E-state index contributed by atoms with van der Waals surface area (Å²) in [5.74, 6) is 0.225. The monoisotopic (exact) mass is 219 g/mol. The summed E-state index contributed by atoms with van der Waals surface area (Å²) in [7, 11) is 1.51. The van der Waals surface area contributed by atoms with Gasteiger partial charge < -0.3 is 10.5 Å². The number of hydrogen-bond donors (Lipinski definition) is 1. The van der Waals surface area contributed by atoms with Gasteiger partial charge in [0.1, 0.15) is 11.6 Å². The van der Waals surface area contributed by atoms with Crippen molar-refractivity contribution in [1.82, 2.24) is 0 Å². The molecule has 1 rings (SSSR count). The maximum Gasteiger partial charge on any atom is 0.131 e. The molecule has 0 aliphatic rings. The lowest BCUT2D eigenvalue weighted by atomic mass is 10.0. The Hall–Kier alpha value is -0.800. The quantitative estimate of drug-likeness (QED) is 0.849. The van der Waals surface area contributed by atoms with Crippen LogP contribution in [0.3, 0.4) is 0 Å². The van der Waals surface area contributed by atoms with Crippen LogP contribution in [0.2, 0.25) is 0 Å². The summed E-state index contributed by atoms with van der Waals surface area (Å²) in [5, 5.41) is 0. The smallest absolute Gasteiger partial charge is 0.131 e. The summed E-state index contributed by atoms with van der Waals surface area (Å²) in [4.78, 5) is 0. The normalized spacial score (nSPS) is 11.7. The highest BCUT2D eigenvalue weighted by Gasteiger charge is 2.14. The molecule has 0 radical (unpaired) electrons. The Morgan fingerprint density at radius 2 is 2.14 bits per heavy atom. The zero-order valence-electron chi connectivity index (χ0n) is 8.29. The van der Waals surface area contributed by atoms with E-state index in [1.165, 1.54) is 13.2 Å². The van der Waals surface area contributed by atoms with Gasteiger partial charge in [-0.15, -0.1) is 12.4 Å². The van der Waals surface area contributed by atoms with Gasteiger partial charge in [0, 0.05) is 11.6 Å². The van der Waals surface area contributed by atoms with Gasteiger partial charge >= 0.3 is 0 Å². The van der Waals surface area contributed by atoms with Crippen LogP contribution in [0, 0.1) is 5.82 Å². The molecule has 80 valence electrons. The fourth-order valence-electron chi connectivity index (χ4n) is 1.26. The minimum absolute atomic E-state index is 0. The molecule has 0 spiro atoms. The molecule has 1 aromatic rings. The fourth-order valence-corrected chi connectivity index (χ4v) is 1.26. The Bertz CT molecular complexity index is 293. The van der Waals surface area contributed by atoms with Crippen molar-refractivity contribution >= 4 is 12.4 Å². The first-order valence-electron chi connectivity index (χ1n) is 4.28. The summed E-state index contributed by atoms with van der Waals surface area (Å²) >= 11 is 0. The van der Waals surface area contributed by atoms with Crippen LogP contribution in [-0.2, 0) is 0 Å². The highest BCUT2D eigenvalue weighted by molar-refractivity contribution is 5.85. The summed E-state index contributed by atoms with van der Waals surface area (Å²) in [6.07, 6.45) is 0.692. The minimum Gasteiger partial charge on any atom is -0.496 e. The molecule has 0 saturated heterocycles. The highest BCUT2D eigenvalue weighted by Crippen LogP contribution is 2.27. The molecule has 2 nitrogen and oxygen atoms in total. The molecular weight excluding hydrogens is 205 g/mol. The Balaban J connectivity index is 0.00000169. The van der Waals surface area contributed by atoms with Crippen molar-refractivity contribution in [2.45, 2.75) is 19.4 Å². The lowest BCUT2D eigenvalue weighted by Gasteiger charge is -2.14. The van der Waals surface area contributed by atoms with Crippen LogP contribution in [0.25, 0.3) is 0 Å². The molecule has 1 aromatic carbocycles. The van der Waals surface area contributed by atoms with Crippen molar-refractivity contribution < 1.29 is 9.13 Å². The maximum atomic E-state index is 13.3. The van der Waals surface area contributed by atoms with Crippen molar-refractivity contribution in [2.75, 3.05) is 7.11 Å². The van der Waals surface area contributed by atoms with Gasteiger partial charge in [-0.1, -0.05) is 13.0 Å². The van der Waals surface area contributed by atoms with Crippen molar-refractivity contribution in [3.8, 4) is 5.75 Å². The number of ether oxygens (including phenoxy) is 1. The van der Waals surface area contributed by atoms with Crippen LogP contribution >= 0.6 is 12.4 Å². The molecule has 1 atom stereocenters. The predicted molar refractivity (Wildman–Crippen MR) is 57.4 cm³/mol. The predicted octanol–water partition coefficient (Wildman–Crippen LogP) is 2.67. The highest BCUT2D eigenvalue weighted by atomic mass is 35.5. The van der Waals surface area contributed by atoms with Crippen LogP contribution < -0.4 is 10.5 Å². The van der Waals surface area contributed by atoms with E-state index in [-0.39, 0.29) is 24.3 Å². The number of halogens is 2. The standard InChI is InChI=1S/C10H14FNO.ClH/c1-3-8(12)10-7(11)5-4-6-9(10)13-2;/h4-6,8H,3,12H2,1-2H3;1H/t8-;/m0./s1. The molecule has 2 N–H and O–H groups in total. The van der Waals surface area contributed by atoms with E-state index < -0.39 is 0 Å². The largest absolute Gasteiger partial charge is 0.496 e. The van der Waals surface area contributed by atoms with Gasteiger partial charge in [-0.2, -0.15) is 0 Å². The number of rotatable bonds is 3. The SMILES string of the molecule is CC[C@H](N)c1c(F)cccc1OC.Cl. The molecule has 0 aliphatic heterocycles. The molecule has 0 aromatic heterocycles. The van der Waals surface area contributed by atoms with Crippen LogP contribution in [0.1, 0.15) is 24.9 Å². The van der Waals surface area contributed by atoms with E-state index in [1.807, 2.05) is 6.92 Å². The van der Waals surface area contributed by atoms with E-state index in [9.17, 15) is 4.39 Å². The first-order chi connectivity index (χ1) is 6.20. The molecular formula is C10H15ClFNO. The van der Waals surface area contributed by atoms with Crippen molar-refractivity contribution in [2.24, 2.45) is 5.73 Å². The molecule has 4 heteroatoms. The molecule has 0 unspecified atom stereocenters. The number of hydrogen-bond acceptors (Lipinski definition) is 2. The first kappa shape index (κ1) is 13.2. The van der Waals surface area contributed by atoms with Gasteiger partial charge in [-0.05, 0) is 18.6 Å². The summed E-state index contributed by atoms with van der Waals surface area (Å²) < 4.78 is 18.3. The van der Waals surface area contributed by atoms with Crippen LogP contribution in [-0.4, -0.2) is 7.11 Å². The summed E-state index contributed by atoms with van der Waals surface area (Å²) in [6.45, 7) is 1.91. The second kappa shape index (κ2) is 5.83. The third-order valence-corrected chi connectivity index (χ3v) is 2.04. The van der Waals surface area contributed by atoms with E-state index in [4.69, 9.17) is 10.5 Å². The second-order valence-corrected chi connectivity index (χ2v) is 2.87. The zero-order chi connectivity index (χ0) is 9.84. The van der Waals surface area contributed by atoms with E-state index in [2.05, 4.69) is 0 Å². The Labute approximate surface area is 89.7 Å². The van der Waals surface area contributed by atoms with E-state index >= 15 is 0 Å². The molecule has 0 heterocycles. The van der Waals surface area contributed by atoms with E-state index in [1.54, 1.807) is 12.1 Å². The zero-order valence-corrected chi connectivity index (χ0v) is 9.10. The van der Waals surface area contributed by atoms with Gasteiger partial charge in [0.15, 0.2) is 0 Å². The lowest BCUT2D eigenvalue weighted by molar-refractivity contribution is 0.398. The Morgan fingerprint density at radius 3 is 2.64 bits per heavy atom. The van der Waals surface area contributed by atoms with Crippen LogP contribution in [0.15, 0.2) is 18.2 Å². The molecule has 0 aliphatic carbocycles. The van der Waals surface area contributed by atoms with Crippen molar-refractivity contribution in [3.63, 3.8) is 0 Å². The molecule has 0 fully saturated rings. The second-order valence-electron chi connectivity index (χ2n) is 2.87. The van der Waals surface area contributed by atoms with Gasteiger partial charge in [0.05, 0.1) is 7.11 Å². The topological polar surface area (TPSA) is 35.2 Å². The third-order valence-electron chi connectivity index (χ3n) is 2.04. The van der Waals surface area contributed by atoms with Crippen molar-refractivity contribution in [1.29, 1.82) is 0 Å².